The minimum Gasteiger partial charge on any atom is -0.336 e. The Labute approximate surface area is 162 Å². The van der Waals surface area contributed by atoms with Gasteiger partial charge in [0.05, 0.1) is 16.2 Å². The Bertz CT molecular complexity index is 892. The molecular formula is C19H26N4O3S. The smallest absolute Gasteiger partial charge is 0.321 e. The van der Waals surface area contributed by atoms with E-state index in [2.05, 4.69) is 15.6 Å². The van der Waals surface area contributed by atoms with E-state index in [4.69, 9.17) is 0 Å². The van der Waals surface area contributed by atoms with Crippen molar-refractivity contribution in [2.24, 2.45) is 5.92 Å². The predicted octanol–water partition coefficient (Wildman–Crippen LogP) is 2.77. The fourth-order valence-corrected chi connectivity index (χ4v) is 3.41. The molecular weight excluding hydrogens is 364 g/mol. The lowest BCUT2D eigenvalue weighted by Gasteiger charge is -2.17. The van der Waals surface area contributed by atoms with Crippen LogP contribution in [0.5, 0.6) is 0 Å². The second-order valence-electron chi connectivity index (χ2n) is 7.10. The highest BCUT2D eigenvalue weighted by atomic mass is 32.2. The maximum atomic E-state index is 12.9. The van der Waals surface area contributed by atoms with E-state index >= 15 is 0 Å². The van der Waals surface area contributed by atoms with Crippen molar-refractivity contribution in [1.29, 1.82) is 0 Å². The number of hydrogen-bond acceptors (Lipinski definition) is 5. The molecule has 0 bridgehead atoms. The van der Waals surface area contributed by atoms with Crippen LogP contribution in [0.4, 0.5) is 4.79 Å². The molecule has 0 radical (unpaired) electrons. The van der Waals surface area contributed by atoms with Gasteiger partial charge in [-0.3, -0.25) is 19.5 Å². The first-order valence-electron chi connectivity index (χ1n) is 8.96. The van der Waals surface area contributed by atoms with Crippen molar-refractivity contribution in [3.63, 3.8) is 0 Å². The lowest BCUT2D eigenvalue weighted by Crippen LogP contribution is -2.45. The number of fused-ring (bicyclic) bond motifs is 1. The highest BCUT2D eigenvalue weighted by Crippen LogP contribution is 2.23. The number of aromatic nitrogens is 2. The highest BCUT2D eigenvalue weighted by Gasteiger charge is 2.21. The zero-order chi connectivity index (χ0) is 20.1. The second-order valence-corrected chi connectivity index (χ2v) is 8.41. The summed E-state index contributed by atoms with van der Waals surface area (Å²) in [5.41, 5.74) is 0.470. The van der Waals surface area contributed by atoms with Crippen molar-refractivity contribution >= 4 is 34.6 Å². The molecule has 2 N–H and O–H groups in total. The van der Waals surface area contributed by atoms with Crippen LogP contribution in [0.2, 0.25) is 0 Å². The van der Waals surface area contributed by atoms with Crippen LogP contribution in [0.1, 0.15) is 34.6 Å². The van der Waals surface area contributed by atoms with Gasteiger partial charge in [0.1, 0.15) is 0 Å². The first-order valence-corrected chi connectivity index (χ1v) is 9.84. The molecule has 1 heterocycles. The minimum absolute atomic E-state index is 0.0702. The summed E-state index contributed by atoms with van der Waals surface area (Å²) in [6.45, 7) is 9.84. The third-order valence-corrected chi connectivity index (χ3v) is 4.77. The Balaban J connectivity index is 2.29. The molecule has 2 rings (SSSR count). The quantitative estimate of drug-likeness (QED) is 0.584. The van der Waals surface area contributed by atoms with Gasteiger partial charge in [-0.1, -0.05) is 37.7 Å². The number of nitrogens with one attached hydrogen (secondary N) is 2. The van der Waals surface area contributed by atoms with E-state index < -0.39 is 17.2 Å². The SMILES string of the molecule is CC(C)Cn1c(S[C@H](C)C(=O)NC(=O)NC(C)C)nc2ccccc2c1=O. The van der Waals surface area contributed by atoms with Gasteiger partial charge >= 0.3 is 6.03 Å². The average Bonchev–Trinajstić information content (AvgIpc) is 2.57. The molecule has 1 aromatic heterocycles. The molecule has 8 heteroatoms. The zero-order valence-corrected chi connectivity index (χ0v) is 17.1. The molecule has 0 saturated heterocycles. The number of hydrogen-bond donors (Lipinski definition) is 2. The van der Waals surface area contributed by atoms with Gasteiger partial charge in [-0.25, -0.2) is 9.78 Å². The Morgan fingerprint density at radius 2 is 1.81 bits per heavy atom. The molecule has 7 nitrogen and oxygen atoms in total. The number of para-hydroxylation sites is 1. The summed E-state index contributed by atoms with van der Waals surface area (Å²) >= 11 is 1.17. The molecule has 1 aromatic carbocycles. The third-order valence-electron chi connectivity index (χ3n) is 3.68. The standard InChI is InChI=1S/C19H26N4O3S/c1-11(2)10-23-17(25)14-8-6-7-9-15(14)21-19(23)27-13(5)16(24)22-18(26)20-12(3)4/h6-9,11-13H,10H2,1-5H3,(H2,20,22,24,26)/t13-/m1/s1. The normalized spacial score (nSPS) is 12.4. The van der Waals surface area contributed by atoms with E-state index in [9.17, 15) is 14.4 Å². The van der Waals surface area contributed by atoms with E-state index in [0.29, 0.717) is 22.6 Å². The number of nitrogens with zero attached hydrogens (tertiary/aromatic N) is 2. The van der Waals surface area contributed by atoms with Crippen LogP contribution < -0.4 is 16.2 Å². The van der Waals surface area contributed by atoms with E-state index in [1.807, 2.05) is 33.8 Å². The minimum atomic E-state index is -0.589. The summed E-state index contributed by atoms with van der Waals surface area (Å²) in [7, 11) is 0. The van der Waals surface area contributed by atoms with Crippen LogP contribution in [0, 0.1) is 5.92 Å². The molecule has 146 valence electrons. The van der Waals surface area contributed by atoms with Gasteiger partial charge in [-0.2, -0.15) is 0 Å². The number of rotatable bonds is 6. The van der Waals surface area contributed by atoms with Crippen LogP contribution in [-0.4, -0.2) is 32.8 Å². The van der Waals surface area contributed by atoms with Crippen molar-refractivity contribution in [3.8, 4) is 0 Å². The Morgan fingerprint density at radius 3 is 2.44 bits per heavy atom. The summed E-state index contributed by atoms with van der Waals surface area (Å²) < 4.78 is 1.61. The van der Waals surface area contributed by atoms with Gasteiger partial charge in [0.15, 0.2) is 5.16 Å². The largest absolute Gasteiger partial charge is 0.336 e. The number of urea groups is 1. The predicted molar refractivity (Wildman–Crippen MR) is 108 cm³/mol. The van der Waals surface area contributed by atoms with Crippen molar-refractivity contribution in [2.75, 3.05) is 0 Å². The van der Waals surface area contributed by atoms with Gasteiger partial charge in [-0.05, 0) is 38.8 Å². The topological polar surface area (TPSA) is 93.1 Å². The van der Waals surface area contributed by atoms with Gasteiger partial charge < -0.3 is 5.32 Å². The molecule has 0 aliphatic carbocycles. The third kappa shape index (κ3) is 5.56. The van der Waals surface area contributed by atoms with Crippen molar-refractivity contribution in [2.45, 2.75) is 57.6 Å². The van der Waals surface area contributed by atoms with Gasteiger partial charge in [0.2, 0.25) is 5.91 Å². The number of imide groups is 1. The maximum absolute atomic E-state index is 12.9. The van der Waals surface area contributed by atoms with Crippen molar-refractivity contribution in [1.82, 2.24) is 20.2 Å². The molecule has 0 aliphatic rings. The summed E-state index contributed by atoms with van der Waals surface area (Å²) in [4.78, 5) is 41.5. The fourth-order valence-electron chi connectivity index (χ4n) is 2.49. The lowest BCUT2D eigenvalue weighted by atomic mass is 10.2. The molecule has 2 aromatic rings. The molecule has 0 unspecified atom stereocenters. The van der Waals surface area contributed by atoms with Gasteiger partial charge in [0, 0.05) is 12.6 Å². The average molecular weight is 391 g/mol. The van der Waals surface area contributed by atoms with E-state index in [1.54, 1.807) is 29.7 Å². The second kappa shape index (κ2) is 9.03. The zero-order valence-electron chi connectivity index (χ0n) is 16.3. The maximum Gasteiger partial charge on any atom is 0.321 e. The first kappa shape index (κ1) is 21.0. The number of carbonyl (C=O) groups is 2. The molecule has 0 spiro atoms. The number of thioether (sulfide) groups is 1. The number of amides is 3. The van der Waals surface area contributed by atoms with Crippen LogP contribution >= 0.6 is 11.8 Å². The monoisotopic (exact) mass is 390 g/mol. The van der Waals surface area contributed by atoms with Crippen LogP contribution in [0.3, 0.4) is 0 Å². The Hall–Kier alpha value is -2.35. The number of carbonyl (C=O) groups excluding carboxylic acids is 2. The number of benzene rings is 1. The van der Waals surface area contributed by atoms with E-state index in [0.717, 1.165) is 0 Å². The van der Waals surface area contributed by atoms with Crippen LogP contribution in [-0.2, 0) is 11.3 Å². The molecule has 27 heavy (non-hydrogen) atoms. The Kier molecular flexibility index (Phi) is 7.01. The van der Waals surface area contributed by atoms with E-state index in [-0.39, 0.29) is 17.5 Å². The van der Waals surface area contributed by atoms with Gasteiger partial charge in [0.25, 0.3) is 5.56 Å². The van der Waals surface area contributed by atoms with E-state index in [1.165, 1.54) is 11.8 Å². The van der Waals surface area contributed by atoms with Crippen LogP contribution in [0.25, 0.3) is 10.9 Å². The Morgan fingerprint density at radius 1 is 1.15 bits per heavy atom. The van der Waals surface area contributed by atoms with Gasteiger partial charge in [-0.15, -0.1) is 0 Å². The molecule has 1 atom stereocenters. The van der Waals surface area contributed by atoms with Crippen molar-refractivity contribution < 1.29 is 9.59 Å². The lowest BCUT2D eigenvalue weighted by molar-refractivity contribution is -0.119. The van der Waals surface area contributed by atoms with Crippen LogP contribution in [0.15, 0.2) is 34.2 Å². The molecule has 3 amide bonds. The summed E-state index contributed by atoms with van der Waals surface area (Å²) in [5, 5.41) is 5.37. The summed E-state index contributed by atoms with van der Waals surface area (Å²) in [5.74, 6) is -0.192. The molecule has 0 aliphatic heterocycles. The summed E-state index contributed by atoms with van der Waals surface area (Å²) in [6, 6.07) is 6.56. The molecule has 0 fully saturated rings. The van der Waals surface area contributed by atoms with Crippen molar-refractivity contribution in [3.05, 3.63) is 34.6 Å². The molecule has 0 saturated carbocycles. The first-order chi connectivity index (χ1) is 12.7. The summed E-state index contributed by atoms with van der Waals surface area (Å²) in [6.07, 6.45) is 0. The highest BCUT2D eigenvalue weighted by molar-refractivity contribution is 8.00. The fraction of sp³-hybridized carbons (Fsp3) is 0.474.